The lowest BCUT2D eigenvalue weighted by Crippen LogP contribution is -2.10. The summed E-state index contributed by atoms with van der Waals surface area (Å²) in [5, 5.41) is 0. The number of aromatic nitrogens is 1. The molecule has 0 spiro atoms. The highest BCUT2D eigenvalue weighted by molar-refractivity contribution is 5.90. The first kappa shape index (κ1) is 8.67. The molecule has 0 saturated carbocycles. The molecule has 0 saturated heterocycles. The van der Waals surface area contributed by atoms with Crippen molar-refractivity contribution < 1.29 is 9.53 Å². The number of esters is 1. The molecule has 0 amide bonds. The molecular weight excluding hydrogens is 156 g/mol. The van der Waals surface area contributed by atoms with E-state index in [1.165, 1.54) is 7.11 Å². The Balaban J connectivity index is 3.04. The Morgan fingerprint density at radius 2 is 2.50 bits per heavy atom. The van der Waals surface area contributed by atoms with E-state index in [-0.39, 0.29) is 6.54 Å². The van der Waals surface area contributed by atoms with E-state index in [2.05, 4.69) is 9.72 Å². The van der Waals surface area contributed by atoms with Crippen molar-refractivity contribution in [3.63, 3.8) is 0 Å². The maximum absolute atomic E-state index is 11.1. The Morgan fingerprint density at radius 3 is 3.08 bits per heavy atom. The van der Waals surface area contributed by atoms with Crippen molar-refractivity contribution in [1.82, 2.24) is 4.98 Å². The molecule has 0 unspecified atom stereocenters. The number of methoxy groups -OCH3 is 1. The maximum atomic E-state index is 11.1. The molecule has 1 aromatic heterocycles. The van der Waals surface area contributed by atoms with Gasteiger partial charge >= 0.3 is 5.97 Å². The quantitative estimate of drug-likeness (QED) is 0.643. The van der Waals surface area contributed by atoms with E-state index < -0.39 is 5.97 Å². The standard InChI is InChI=1S/C8H10N2O2/c1-12-8(11)6-3-2-4-10-7(6)5-9/h2-4H,5,9H2,1H3. The largest absolute Gasteiger partial charge is 0.465 e. The minimum absolute atomic E-state index is 0.241. The van der Waals surface area contributed by atoms with E-state index in [9.17, 15) is 4.79 Å². The van der Waals surface area contributed by atoms with Gasteiger partial charge in [-0.2, -0.15) is 0 Å². The predicted octanol–water partition coefficient (Wildman–Crippen LogP) is 0.327. The molecule has 0 aliphatic rings. The third-order valence-corrected chi connectivity index (χ3v) is 1.49. The molecule has 0 bridgehead atoms. The average Bonchev–Trinajstić information content (AvgIpc) is 2.16. The molecule has 12 heavy (non-hydrogen) atoms. The lowest BCUT2D eigenvalue weighted by atomic mass is 10.2. The lowest BCUT2D eigenvalue weighted by Gasteiger charge is -2.02. The second-order valence-electron chi connectivity index (χ2n) is 2.19. The maximum Gasteiger partial charge on any atom is 0.339 e. The van der Waals surface area contributed by atoms with Crippen LogP contribution in [0.5, 0.6) is 0 Å². The van der Waals surface area contributed by atoms with Crippen LogP contribution in [0, 0.1) is 0 Å². The zero-order valence-electron chi connectivity index (χ0n) is 6.78. The SMILES string of the molecule is COC(=O)c1cccnc1CN. The molecule has 4 nitrogen and oxygen atoms in total. The van der Waals surface area contributed by atoms with Crippen LogP contribution in [-0.2, 0) is 11.3 Å². The summed E-state index contributed by atoms with van der Waals surface area (Å²) in [6.45, 7) is 0.241. The summed E-state index contributed by atoms with van der Waals surface area (Å²) < 4.78 is 4.54. The van der Waals surface area contributed by atoms with E-state index in [1.807, 2.05) is 0 Å². The molecule has 0 atom stereocenters. The van der Waals surface area contributed by atoms with Gasteiger partial charge in [-0.05, 0) is 12.1 Å². The number of pyridine rings is 1. The van der Waals surface area contributed by atoms with Gasteiger partial charge in [-0.25, -0.2) is 4.79 Å². The van der Waals surface area contributed by atoms with Crippen LogP contribution in [0.4, 0.5) is 0 Å². The predicted molar refractivity (Wildman–Crippen MR) is 43.5 cm³/mol. The van der Waals surface area contributed by atoms with Gasteiger partial charge in [0.2, 0.25) is 0 Å². The zero-order valence-corrected chi connectivity index (χ0v) is 6.78. The van der Waals surface area contributed by atoms with Crippen LogP contribution in [0.15, 0.2) is 18.3 Å². The summed E-state index contributed by atoms with van der Waals surface area (Å²) in [6, 6.07) is 3.31. The minimum atomic E-state index is -0.399. The molecule has 0 radical (unpaired) electrons. The van der Waals surface area contributed by atoms with Gasteiger partial charge in [0.1, 0.15) is 0 Å². The molecule has 64 valence electrons. The number of nitrogens with zero attached hydrogens (tertiary/aromatic N) is 1. The van der Waals surface area contributed by atoms with Crippen LogP contribution in [0.3, 0.4) is 0 Å². The molecule has 1 heterocycles. The van der Waals surface area contributed by atoms with Crippen molar-refractivity contribution in [3.05, 3.63) is 29.6 Å². The van der Waals surface area contributed by atoms with Gasteiger partial charge < -0.3 is 10.5 Å². The van der Waals surface area contributed by atoms with Gasteiger partial charge in [-0.15, -0.1) is 0 Å². The third-order valence-electron chi connectivity index (χ3n) is 1.49. The van der Waals surface area contributed by atoms with Crippen molar-refractivity contribution in [1.29, 1.82) is 0 Å². The Kier molecular flexibility index (Phi) is 2.76. The summed E-state index contributed by atoms with van der Waals surface area (Å²) in [7, 11) is 1.33. The normalized spacial score (nSPS) is 9.50. The molecule has 2 N–H and O–H groups in total. The van der Waals surface area contributed by atoms with Crippen molar-refractivity contribution in [2.45, 2.75) is 6.54 Å². The molecule has 1 aromatic rings. The van der Waals surface area contributed by atoms with Gasteiger partial charge in [0.25, 0.3) is 0 Å². The van der Waals surface area contributed by atoms with E-state index >= 15 is 0 Å². The summed E-state index contributed by atoms with van der Waals surface area (Å²) in [5.74, 6) is -0.399. The molecule has 4 heteroatoms. The first-order valence-corrected chi connectivity index (χ1v) is 3.52. The summed E-state index contributed by atoms with van der Waals surface area (Å²) in [4.78, 5) is 15.0. The highest BCUT2D eigenvalue weighted by Crippen LogP contribution is 2.05. The topological polar surface area (TPSA) is 65.2 Å². The fraction of sp³-hybridized carbons (Fsp3) is 0.250. The number of carbonyl (C=O) groups is 1. The number of ether oxygens (including phenoxy) is 1. The fourth-order valence-electron chi connectivity index (χ4n) is 0.896. The number of hydrogen-bond acceptors (Lipinski definition) is 4. The summed E-state index contributed by atoms with van der Waals surface area (Å²) >= 11 is 0. The molecular formula is C8H10N2O2. The van der Waals surface area contributed by atoms with E-state index in [1.54, 1.807) is 18.3 Å². The minimum Gasteiger partial charge on any atom is -0.465 e. The zero-order chi connectivity index (χ0) is 8.97. The van der Waals surface area contributed by atoms with Gasteiger partial charge in [0.15, 0.2) is 0 Å². The van der Waals surface area contributed by atoms with Gasteiger partial charge in [-0.3, -0.25) is 4.98 Å². The first-order chi connectivity index (χ1) is 5.79. The second kappa shape index (κ2) is 3.82. The molecule has 1 rings (SSSR count). The lowest BCUT2D eigenvalue weighted by molar-refractivity contribution is 0.0599. The molecule has 0 aliphatic carbocycles. The van der Waals surface area contributed by atoms with Crippen LogP contribution < -0.4 is 5.73 Å². The smallest absolute Gasteiger partial charge is 0.339 e. The van der Waals surface area contributed by atoms with Crippen LogP contribution >= 0.6 is 0 Å². The number of hydrogen-bond donors (Lipinski definition) is 1. The van der Waals surface area contributed by atoms with Gasteiger partial charge in [0, 0.05) is 12.7 Å². The Hall–Kier alpha value is -1.42. The Bertz CT molecular complexity index is 286. The number of rotatable bonds is 2. The van der Waals surface area contributed by atoms with E-state index in [0.29, 0.717) is 11.3 Å². The van der Waals surface area contributed by atoms with Crippen LogP contribution in [0.1, 0.15) is 16.1 Å². The third kappa shape index (κ3) is 1.60. The molecule has 0 aromatic carbocycles. The highest BCUT2D eigenvalue weighted by atomic mass is 16.5. The molecule has 0 fully saturated rings. The monoisotopic (exact) mass is 166 g/mol. The summed E-state index contributed by atoms with van der Waals surface area (Å²) in [5.41, 5.74) is 6.37. The fourth-order valence-corrected chi connectivity index (χ4v) is 0.896. The van der Waals surface area contributed by atoms with Crippen molar-refractivity contribution in [3.8, 4) is 0 Å². The van der Waals surface area contributed by atoms with E-state index in [0.717, 1.165) is 0 Å². The average molecular weight is 166 g/mol. The van der Waals surface area contributed by atoms with E-state index in [4.69, 9.17) is 5.73 Å². The van der Waals surface area contributed by atoms with Crippen molar-refractivity contribution >= 4 is 5.97 Å². The number of carbonyl (C=O) groups excluding carboxylic acids is 1. The molecule has 0 aliphatic heterocycles. The second-order valence-corrected chi connectivity index (χ2v) is 2.19. The van der Waals surface area contributed by atoms with Crippen LogP contribution in [0.25, 0.3) is 0 Å². The first-order valence-electron chi connectivity index (χ1n) is 3.52. The van der Waals surface area contributed by atoms with Gasteiger partial charge in [-0.1, -0.05) is 0 Å². The van der Waals surface area contributed by atoms with Crippen molar-refractivity contribution in [2.75, 3.05) is 7.11 Å². The van der Waals surface area contributed by atoms with Gasteiger partial charge in [0.05, 0.1) is 18.4 Å². The Labute approximate surface area is 70.4 Å². The van der Waals surface area contributed by atoms with Crippen molar-refractivity contribution in [2.24, 2.45) is 5.73 Å². The van der Waals surface area contributed by atoms with Crippen LogP contribution in [-0.4, -0.2) is 18.1 Å². The van der Waals surface area contributed by atoms with Crippen LogP contribution in [0.2, 0.25) is 0 Å². The Morgan fingerprint density at radius 1 is 1.75 bits per heavy atom. The summed E-state index contributed by atoms with van der Waals surface area (Å²) in [6.07, 6.45) is 1.59. The highest BCUT2D eigenvalue weighted by Gasteiger charge is 2.09. The number of nitrogens with two attached hydrogens (primary N) is 1.